The quantitative estimate of drug-likeness (QED) is 0.720. The van der Waals surface area contributed by atoms with Crippen molar-refractivity contribution in [3.05, 3.63) is 29.3 Å². The molecule has 1 aromatic carbocycles. The molecule has 1 rings (SSSR count). The number of benzene rings is 1. The predicted molar refractivity (Wildman–Crippen MR) is 85.7 cm³/mol. The van der Waals surface area contributed by atoms with Gasteiger partial charge in [0.25, 0.3) is 0 Å². The topological polar surface area (TPSA) is 39.7 Å². The Morgan fingerprint density at radius 3 is 2.57 bits per heavy atom. The summed E-state index contributed by atoms with van der Waals surface area (Å²) in [6.07, 6.45) is 0.0760. The van der Waals surface area contributed by atoms with Crippen molar-refractivity contribution in [1.29, 1.82) is 0 Å². The van der Waals surface area contributed by atoms with E-state index in [2.05, 4.69) is 31.3 Å². The first kappa shape index (κ1) is 18.0. The smallest absolute Gasteiger partial charge is 0.124 e. The molecule has 0 amide bonds. The highest BCUT2D eigenvalue weighted by Crippen LogP contribution is 2.21. The number of ether oxygens (including phenoxy) is 3. The summed E-state index contributed by atoms with van der Waals surface area (Å²) in [5.41, 5.74) is 2.31. The Morgan fingerprint density at radius 2 is 1.95 bits per heavy atom. The van der Waals surface area contributed by atoms with Gasteiger partial charge in [-0.15, -0.1) is 0 Å². The maximum Gasteiger partial charge on any atom is 0.124 e. The van der Waals surface area contributed by atoms with Gasteiger partial charge < -0.3 is 19.5 Å². The zero-order valence-electron chi connectivity index (χ0n) is 13.9. The molecular formula is C17H29NO3. The zero-order valence-corrected chi connectivity index (χ0v) is 13.9. The van der Waals surface area contributed by atoms with E-state index in [0.717, 1.165) is 17.9 Å². The van der Waals surface area contributed by atoms with Crippen LogP contribution in [0.3, 0.4) is 0 Å². The predicted octanol–water partition coefficient (Wildman–Crippen LogP) is 3.13. The van der Waals surface area contributed by atoms with Crippen LogP contribution in [0.1, 0.15) is 38.8 Å². The van der Waals surface area contributed by atoms with E-state index in [9.17, 15) is 0 Å². The Kier molecular flexibility index (Phi) is 8.35. The Hall–Kier alpha value is -1.10. The lowest BCUT2D eigenvalue weighted by Crippen LogP contribution is -2.22. The lowest BCUT2D eigenvalue weighted by Gasteiger charge is -2.16. The minimum atomic E-state index is 0.0760. The molecule has 4 heteroatoms. The Morgan fingerprint density at radius 1 is 1.19 bits per heavy atom. The van der Waals surface area contributed by atoms with Crippen LogP contribution in [0.15, 0.2) is 18.2 Å². The molecule has 1 unspecified atom stereocenters. The molecule has 0 aliphatic heterocycles. The van der Waals surface area contributed by atoms with Crippen LogP contribution in [0.5, 0.6) is 5.75 Å². The first-order valence-corrected chi connectivity index (χ1v) is 7.65. The Bertz CT molecular complexity index is 407. The van der Waals surface area contributed by atoms with Crippen LogP contribution in [-0.2, 0) is 22.6 Å². The lowest BCUT2D eigenvalue weighted by molar-refractivity contribution is -0.0122. The van der Waals surface area contributed by atoms with Gasteiger partial charge in [0, 0.05) is 24.8 Å². The second-order valence-corrected chi connectivity index (χ2v) is 5.46. The molecule has 4 nitrogen and oxygen atoms in total. The van der Waals surface area contributed by atoms with Crippen LogP contribution in [0.25, 0.3) is 0 Å². The molecule has 0 saturated carbocycles. The maximum absolute atomic E-state index is 5.83. The summed E-state index contributed by atoms with van der Waals surface area (Å²) in [5.74, 6) is 0.868. The second kappa shape index (κ2) is 9.77. The first-order valence-electron chi connectivity index (χ1n) is 7.65. The van der Waals surface area contributed by atoms with Gasteiger partial charge in [-0.3, -0.25) is 0 Å². The summed E-state index contributed by atoms with van der Waals surface area (Å²) in [6.45, 7) is 11.0. The average molecular weight is 295 g/mol. The van der Waals surface area contributed by atoms with Gasteiger partial charge in [0.05, 0.1) is 26.4 Å². The monoisotopic (exact) mass is 295 g/mol. The molecule has 0 fully saturated rings. The SMILES string of the molecule is CCOCC(C)OCc1cc(CNC(C)C)ccc1OC. The minimum Gasteiger partial charge on any atom is -0.496 e. The molecule has 120 valence electrons. The maximum atomic E-state index is 5.83. The van der Waals surface area contributed by atoms with Gasteiger partial charge in [-0.25, -0.2) is 0 Å². The van der Waals surface area contributed by atoms with Gasteiger partial charge in [0.2, 0.25) is 0 Å². The summed E-state index contributed by atoms with van der Waals surface area (Å²) < 4.78 is 16.6. The summed E-state index contributed by atoms with van der Waals surface area (Å²) >= 11 is 0. The number of methoxy groups -OCH3 is 1. The highest BCUT2D eigenvalue weighted by Gasteiger charge is 2.08. The number of rotatable bonds is 10. The summed E-state index contributed by atoms with van der Waals surface area (Å²) in [5, 5.41) is 3.42. The molecule has 0 spiro atoms. The van der Waals surface area contributed by atoms with Crippen LogP contribution in [0.4, 0.5) is 0 Å². The fourth-order valence-corrected chi connectivity index (χ4v) is 1.94. The van der Waals surface area contributed by atoms with Crippen molar-refractivity contribution in [2.75, 3.05) is 20.3 Å². The van der Waals surface area contributed by atoms with E-state index < -0.39 is 0 Å². The normalized spacial score (nSPS) is 12.7. The highest BCUT2D eigenvalue weighted by atomic mass is 16.5. The van der Waals surface area contributed by atoms with Crippen LogP contribution in [-0.4, -0.2) is 32.5 Å². The van der Waals surface area contributed by atoms with Crippen molar-refractivity contribution >= 4 is 0 Å². The molecule has 21 heavy (non-hydrogen) atoms. The van der Waals surface area contributed by atoms with E-state index in [1.165, 1.54) is 5.56 Å². The van der Waals surface area contributed by atoms with Crippen LogP contribution in [0.2, 0.25) is 0 Å². The molecule has 1 N–H and O–H groups in total. The van der Waals surface area contributed by atoms with E-state index in [-0.39, 0.29) is 6.10 Å². The summed E-state index contributed by atoms with van der Waals surface area (Å²) in [4.78, 5) is 0. The summed E-state index contributed by atoms with van der Waals surface area (Å²) in [6, 6.07) is 6.70. The summed E-state index contributed by atoms with van der Waals surface area (Å²) in [7, 11) is 1.69. The van der Waals surface area contributed by atoms with Crippen LogP contribution >= 0.6 is 0 Å². The molecule has 0 heterocycles. The van der Waals surface area contributed by atoms with Crippen molar-refractivity contribution in [3.8, 4) is 5.75 Å². The lowest BCUT2D eigenvalue weighted by atomic mass is 10.1. The molecule has 0 bridgehead atoms. The third kappa shape index (κ3) is 6.93. The largest absolute Gasteiger partial charge is 0.496 e. The van der Waals surface area contributed by atoms with Crippen LogP contribution < -0.4 is 10.1 Å². The molecular weight excluding hydrogens is 266 g/mol. The minimum absolute atomic E-state index is 0.0760. The molecule has 1 atom stereocenters. The number of nitrogens with one attached hydrogen (secondary N) is 1. The van der Waals surface area contributed by atoms with E-state index in [1.807, 2.05) is 19.9 Å². The van der Waals surface area contributed by atoms with Crippen molar-refractivity contribution in [1.82, 2.24) is 5.32 Å². The standard InChI is InChI=1S/C17H29NO3/c1-6-20-11-14(4)21-12-16-9-15(10-18-13(2)3)7-8-17(16)19-5/h7-9,13-14,18H,6,10-12H2,1-5H3. The van der Waals surface area contributed by atoms with Gasteiger partial charge >= 0.3 is 0 Å². The van der Waals surface area contributed by atoms with Gasteiger partial charge in [-0.1, -0.05) is 19.9 Å². The van der Waals surface area contributed by atoms with Gasteiger partial charge in [0.1, 0.15) is 5.75 Å². The molecule has 0 aromatic heterocycles. The van der Waals surface area contributed by atoms with E-state index in [4.69, 9.17) is 14.2 Å². The van der Waals surface area contributed by atoms with E-state index >= 15 is 0 Å². The van der Waals surface area contributed by atoms with E-state index in [1.54, 1.807) is 7.11 Å². The molecule has 0 aliphatic carbocycles. The van der Waals surface area contributed by atoms with Crippen molar-refractivity contribution in [3.63, 3.8) is 0 Å². The first-order chi connectivity index (χ1) is 10.1. The molecule has 0 radical (unpaired) electrons. The second-order valence-electron chi connectivity index (χ2n) is 5.46. The van der Waals surface area contributed by atoms with Crippen molar-refractivity contribution in [2.24, 2.45) is 0 Å². The Labute approximate surface area is 128 Å². The van der Waals surface area contributed by atoms with Crippen molar-refractivity contribution in [2.45, 2.75) is 53.0 Å². The fourth-order valence-electron chi connectivity index (χ4n) is 1.94. The van der Waals surface area contributed by atoms with Crippen LogP contribution in [0, 0.1) is 0 Å². The Balaban J connectivity index is 2.62. The van der Waals surface area contributed by atoms with E-state index in [0.29, 0.717) is 25.9 Å². The average Bonchev–Trinajstić information content (AvgIpc) is 2.48. The third-order valence-electron chi connectivity index (χ3n) is 3.14. The van der Waals surface area contributed by atoms with Gasteiger partial charge in [-0.2, -0.15) is 0 Å². The van der Waals surface area contributed by atoms with Gasteiger partial charge in [0.15, 0.2) is 0 Å². The van der Waals surface area contributed by atoms with Crippen molar-refractivity contribution < 1.29 is 14.2 Å². The number of hydrogen-bond acceptors (Lipinski definition) is 4. The molecule has 1 aromatic rings. The molecule has 0 aliphatic rings. The highest BCUT2D eigenvalue weighted by molar-refractivity contribution is 5.36. The fraction of sp³-hybridized carbons (Fsp3) is 0.647. The van der Waals surface area contributed by atoms with Gasteiger partial charge in [-0.05, 0) is 31.5 Å². The number of hydrogen-bond donors (Lipinski definition) is 1. The third-order valence-corrected chi connectivity index (χ3v) is 3.14. The zero-order chi connectivity index (χ0) is 15.7. The molecule has 0 saturated heterocycles.